The van der Waals surface area contributed by atoms with Crippen LogP contribution in [0.5, 0.6) is 0 Å². The maximum Gasteiger partial charge on any atom is 0.258 e. The van der Waals surface area contributed by atoms with Gasteiger partial charge in [-0.2, -0.15) is 0 Å². The zero-order chi connectivity index (χ0) is 14.4. The standard InChI is InChI=1S/C17H18N2O/c1-2-3-13-19(16-12-8-7-11-15(16)18)17(20)14-9-5-4-6-10-14/h2-12H,13,18H2,1H3/b3-2+. The van der Waals surface area contributed by atoms with Gasteiger partial charge in [0.25, 0.3) is 5.91 Å². The van der Waals surface area contributed by atoms with Gasteiger partial charge in [-0.1, -0.05) is 42.5 Å². The van der Waals surface area contributed by atoms with E-state index in [-0.39, 0.29) is 5.91 Å². The third-order valence-electron chi connectivity index (χ3n) is 3.02. The monoisotopic (exact) mass is 266 g/mol. The summed E-state index contributed by atoms with van der Waals surface area (Å²) in [6.07, 6.45) is 3.86. The van der Waals surface area contributed by atoms with E-state index in [1.165, 1.54) is 0 Å². The maximum atomic E-state index is 12.6. The molecular weight excluding hydrogens is 248 g/mol. The smallest absolute Gasteiger partial charge is 0.258 e. The zero-order valence-corrected chi connectivity index (χ0v) is 11.5. The molecule has 0 unspecified atom stereocenters. The molecule has 0 bridgehead atoms. The number of carbonyl (C=O) groups excluding carboxylic acids is 1. The van der Waals surface area contributed by atoms with Crippen LogP contribution in [0.4, 0.5) is 11.4 Å². The fraction of sp³-hybridized carbons (Fsp3) is 0.118. The fourth-order valence-electron chi connectivity index (χ4n) is 1.97. The first kappa shape index (κ1) is 13.9. The summed E-state index contributed by atoms with van der Waals surface area (Å²) in [5.41, 5.74) is 7.98. The van der Waals surface area contributed by atoms with E-state index in [9.17, 15) is 4.79 Å². The summed E-state index contributed by atoms with van der Waals surface area (Å²) in [7, 11) is 0. The summed E-state index contributed by atoms with van der Waals surface area (Å²) in [6.45, 7) is 2.43. The minimum atomic E-state index is -0.0541. The van der Waals surface area contributed by atoms with Gasteiger partial charge in [-0.05, 0) is 31.2 Å². The van der Waals surface area contributed by atoms with Crippen molar-refractivity contribution in [2.45, 2.75) is 6.92 Å². The molecule has 2 aromatic rings. The maximum absolute atomic E-state index is 12.6. The lowest BCUT2D eigenvalue weighted by atomic mass is 10.1. The molecule has 0 fully saturated rings. The van der Waals surface area contributed by atoms with Crippen molar-refractivity contribution >= 4 is 17.3 Å². The van der Waals surface area contributed by atoms with Gasteiger partial charge < -0.3 is 10.6 Å². The van der Waals surface area contributed by atoms with Gasteiger partial charge in [-0.25, -0.2) is 0 Å². The fourth-order valence-corrected chi connectivity index (χ4v) is 1.97. The molecule has 2 aromatic carbocycles. The van der Waals surface area contributed by atoms with Crippen LogP contribution >= 0.6 is 0 Å². The summed E-state index contributed by atoms with van der Waals surface area (Å²) in [6, 6.07) is 16.6. The summed E-state index contributed by atoms with van der Waals surface area (Å²) < 4.78 is 0. The largest absolute Gasteiger partial charge is 0.397 e. The van der Waals surface area contributed by atoms with Gasteiger partial charge >= 0.3 is 0 Å². The molecule has 0 spiro atoms. The first-order valence-electron chi connectivity index (χ1n) is 6.56. The summed E-state index contributed by atoms with van der Waals surface area (Å²) in [5, 5.41) is 0. The second kappa shape index (κ2) is 6.57. The van der Waals surface area contributed by atoms with Gasteiger partial charge in [0.1, 0.15) is 0 Å². The van der Waals surface area contributed by atoms with Crippen LogP contribution in [-0.4, -0.2) is 12.5 Å². The van der Waals surface area contributed by atoms with Crippen molar-refractivity contribution in [2.24, 2.45) is 0 Å². The van der Waals surface area contributed by atoms with Crippen LogP contribution in [0.15, 0.2) is 66.7 Å². The summed E-state index contributed by atoms with van der Waals surface area (Å²) >= 11 is 0. The molecule has 3 nitrogen and oxygen atoms in total. The average Bonchev–Trinajstić information content (AvgIpc) is 2.50. The molecule has 0 aliphatic carbocycles. The highest BCUT2D eigenvalue weighted by Crippen LogP contribution is 2.24. The summed E-state index contributed by atoms with van der Waals surface area (Å²) in [4.78, 5) is 14.3. The van der Waals surface area contributed by atoms with Crippen molar-refractivity contribution in [2.75, 3.05) is 17.2 Å². The number of nitrogens with two attached hydrogens (primary N) is 1. The Labute approximate surface area is 119 Å². The third kappa shape index (κ3) is 3.06. The molecule has 0 aliphatic rings. The van der Waals surface area contributed by atoms with Crippen LogP contribution in [0.25, 0.3) is 0 Å². The van der Waals surface area contributed by atoms with Crippen LogP contribution in [0.2, 0.25) is 0 Å². The van der Waals surface area contributed by atoms with Gasteiger partial charge in [0.15, 0.2) is 0 Å². The highest BCUT2D eigenvalue weighted by molar-refractivity contribution is 6.07. The van der Waals surface area contributed by atoms with E-state index in [1.54, 1.807) is 11.0 Å². The number of hydrogen-bond acceptors (Lipinski definition) is 2. The van der Waals surface area contributed by atoms with Crippen LogP contribution in [0.3, 0.4) is 0 Å². The molecule has 20 heavy (non-hydrogen) atoms. The molecule has 0 atom stereocenters. The first-order valence-corrected chi connectivity index (χ1v) is 6.56. The molecule has 2 rings (SSSR count). The highest BCUT2D eigenvalue weighted by atomic mass is 16.2. The number of nitrogens with zero attached hydrogens (tertiary/aromatic N) is 1. The molecular formula is C17H18N2O. The number of allylic oxidation sites excluding steroid dienone is 1. The van der Waals surface area contributed by atoms with E-state index < -0.39 is 0 Å². The predicted octanol–water partition coefficient (Wildman–Crippen LogP) is 3.49. The molecule has 3 heteroatoms. The first-order chi connectivity index (χ1) is 9.74. The van der Waals surface area contributed by atoms with Crippen LogP contribution in [-0.2, 0) is 0 Å². The van der Waals surface area contributed by atoms with Gasteiger partial charge in [-0.15, -0.1) is 0 Å². The predicted molar refractivity (Wildman–Crippen MR) is 83.8 cm³/mol. The Morgan fingerprint density at radius 2 is 1.75 bits per heavy atom. The lowest BCUT2D eigenvalue weighted by Gasteiger charge is -2.23. The van der Waals surface area contributed by atoms with Crippen LogP contribution < -0.4 is 10.6 Å². The second-order valence-electron chi connectivity index (χ2n) is 4.41. The van der Waals surface area contributed by atoms with Crippen LogP contribution in [0, 0.1) is 0 Å². The number of rotatable bonds is 4. The van der Waals surface area contributed by atoms with E-state index in [4.69, 9.17) is 5.73 Å². The lowest BCUT2D eigenvalue weighted by Crippen LogP contribution is -2.31. The molecule has 0 saturated carbocycles. The zero-order valence-electron chi connectivity index (χ0n) is 11.5. The molecule has 0 saturated heterocycles. The number of benzene rings is 2. The van der Waals surface area contributed by atoms with Crippen molar-refractivity contribution in [3.63, 3.8) is 0 Å². The number of anilines is 2. The molecule has 2 N–H and O–H groups in total. The van der Waals surface area contributed by atoms with E-state index >= 15 is 0 Å². The topological polar surface area (TPSA) is 46.3 Å². The van der Waals surface area contributed by atoms with Gasteiger partial charge in [0, 0.05) is 12.1 Å². The molecule has 102 valence electrons. The Hall–Kier alpha value is -2.55. The Kier molecular flexibility index (Phi) is 4.56. The third-order valence-corrected chi connectivity index (χ3v) is 3.02. The molecule has 0 radical (unpaired) electrons. The number of amides is 1. The summed E-state index contributed by atoms with van der Waals surface area (Å²) in [5.74, 6) is -0.0541. The van der Waals surface area contributed by atoms with Crippen molar-refractivity contribution in [3.05, 3.63) is 72.3 Å². The Morgan fingerprint density at radius 3 is 2.40 bits per heavy atom. The minimum Gasteiger partial charge on any atom is -0.397 e. The van der Waals surface area contributed by atoms with Crippen molar-refractivity contribution in [3.8, 4) is 0 Å². The second-order valence-corrected chi connectivity index (χ2v) is 4.41. The Bertz CT molecular complexity index is 605. The normalized spacial score (nSPS) is 10.7. The van der Waals surface area contributed by atoms with E-state index in [1.807, 2.05) is 67.6 Å². The van der Waals surface area contributed by atoms with Gasteiger partial charge in [0.05, 0.1) is 11.4 Å². The number of hydrogen-bond donors (Lipinski definition) is 1. The number of para-hydroxylation sites is 2. The highest BCUT2D eigenvalue weighted by Gasteiger charge is 2.17. The lowest BCUT2D eigenvalue weighted by molar-refractivity contribution is 0.0990. The van der Waals surface area contributed by atoms with Crippen molar-refractivity contribution in [1.29, 1.82) is 0 Å². The molecule has 0 aliphatic heterocycles. The number of nitrogen functional groups attached to an aromatic ring is 1. The van der Waals surface area contributed by atoms with Crippen molar-refractivity contribution in [1.82, 2.24) is 0 Å². The van der Waals surface area contributed by atoms with E-state index in [2.05, 4.69) is 0 Å². The average molecular weight is 266 g/mol. The quantitative estimate of drug-likeness (QED) is 0.680. The van der Waals surface area contributed by atoms with Gasteiger partial charge in [-0.3, -0.25) is 4.79 Å². The van der Waals surface area contributed by atoms with Crippen LogP contribution in [0.1, 0.15) is 17.3 Å². The molecule has 0 aromatic heterocycles. The van der Waals surface area contributed by atoms with Gasteiger partial charge in [0.2, 0.25) is 0 Å². The Balaban J connectivity index is 2.38. The molecule has 1 amide bonds. The van der Waals surface area contributed by atoms with Crippen molar-refractivity contribution < 1.29 is 4.79 Å². The van der Waals surface area contributed by atoms with E-state index in [0.29, 0.717) is 17.8 Å². The minimum absolute atomic E-state index is 0.0541. The van der Waals surface area contributed by atoms with E-state index in [0.717, 1.165) is 5.69 Å². The SMILES string of the molecule is C/C=C/CN(C(=O)c1ccccc1)c1ccccc1N. The molecule has 0 heterocycles. The number of carbonyl (C=O) groups is 1. The Morgan fingerprint density at radius 1 is 1.10 bits per heavy atom.